The maximum Gasteiger partial charge on any atom is 0.219 e. The molecule has 4 heteroatoms. The first kappa shape index (κ1) is 16.8. The summed E-state index contributed by atoms with van der Waals surface area (Å²) in [5.74, 6) is 2.45. The molecule has 1 aliphatic rings. The Morgan fingerprint density at radius 2 is 2.18 bits per heavy atom. The first-order chi connectivity index (χ1) is 10.5. The number of hydrogen-bond acceptors (Lipinski definition) is 3. The van der Waals surface area contributed by atoms with Crippen LogP contribution in [0.15, 0.2) is 24.3 Å². The maximum absolute atomic E-state index is 11.9. The van der Waals surface area contributed by atoms with E-state index in [0.717, 1.165) is 31.9 Å². The second kappa shape index (κ2) is 7.63. The van der Waals surface area contributed by atoms with Crippen LogP contribution in [0.25, 0.3) is 0 Å². The van der Waals surface area contributed by atoms with Gasteiger partial charge < -0.3 is 15.0 Å². The Kier molecular flexibility index (Phi) is 5.83. The molecule has 1 aromatic rings. The van der Waals surface area contributed by atoms with Crippen LogP contribution in [0.3, 0.4) is 0 Å². The van der Waals surface area contributed by atoms with Gasteiger partial charge in [-0.1, -0.05) is 26.0 Å². The molecular formula is C18H28N2O2. The summed E-state index contributed by atoms with van der Waals surface area (Å²) < 4.78 is 5.34. The first-order valence-electron chi connectivity index (χ1n) is 8.11. The average Bonchev–Trinajstić information content (AvgIpc) is 2.94. The van der Waals surface area contributed by atoms with E-state index in [1.54, 1.807) is 14.0 Å². The number of ether oxygens (including phenoxy) is 1. The number of carbonyl (C=O) groups excluding carboxylic acids is 1. The van der Waals surface area contributed by atoms with Crippen molar-refractivity contribution in [2.45, 2.75) is 26.7 Å². The van der Waals surface area contributed by atoms with Gasteiger partial charge in [-0.15, -0.1) is 0 Å². The molecule has 1 aromatic carbocycles. The SMILES string of the molecule is COc1cccc(C2CNCC2CN(CC(C)C)C(C)=O)c1. The second-order valence-electron chi connectivity index (χ2n) is 6.62. The molecule has 1 fully saturated rings. The van der Waals surface area contributed by atoms with Crippen molar-refractivity contribution in [3.05, 3.63) is 29.8 Å². The summed E-state index contributed by atoms with van der Waals surface area (Å²) in [6.45, 7) is 9.56. The molecule has 0 radical (unpaired) electrons. The minimum Gasteiger partial charge on any atom is -0.497 e. The Morgan fingerprint density at radius 1 is 1.41 bits per heavy atom. The summed E-state index contributed by atoms with van der Waals surface area (Å²) in [5.41, 5.74) is 1.29. The molecule has 2 rings (SSSR count). The van der Waals surface area contributed by atoms with Crippen molar-refractivity contribution in [1.29, 1.82) is 0 Å². The van der Waals surface area contributed by atoms with Crippen molar-refractivity contribution >= 4 is 5.91 Å². The third-order valence-electron chi connectivity index (χ3n) is 4.35. The van der Waals surface area contributed by atoms with Crippen LogP contribution >= 0.6 is 0 Å². The molecular weight excluding hydrogens is 276 g/mol. The highest BCUT2D eigenvalue weighted by molar-refractivity contribution is 5.73. The average molecular weight is 304 g/mol. The zero-order valence-electron chi connectivity index (χ0n) is 14.1. The third kappa shape index (κ3) is 4.23. The van der Waals surface area contributed by atoms with Crippen LogP contribution in [0, 0.1) is 11.8 Å². The highest BCUT2D eigenvalue weighted by Crippen LogP contribution is 2.31. The lowest BCUT2D eigenvalue weighted by molar-refractivity contribution is -0.130. The molecule has 4 nitrogen and oxygen atoms in total. The van der Waals surface area contributed by atoms with Crippen molar-refractivity contribution in [2.75, 3.05) is 33.3 Å². The number of amides is 1. The molecule has 0 aliphatic carbocycles. The van der Waals surface area contributed by atoms with Crippen molar-refractivity contribution < 1.29 is 9.53 Å². The van der Waals surface area contributed by atoms with Crippen molar-refractivity contribution in [3.8, 4) is 5.75 Å². The Balaban J connectivity index is 2.10. The monoisotopic (exact) mass is 304 g/mol. The van der Waals surface area contributed by atoms with Gasteiger partial charge in [0.1, 0.15) is 5.75 Å². The van der Waals surface area contributed by atoms with E-state index in [9.17, 15) is 4.79 Å². The summed E-state index contributed by atoms with van der Waals surface area (Å²) in [7, 11) is 1.70. The predicted octanol–water partition coefficient (Wildman–Crippen LogP) is 2.50. The van der Waals surface area contributed by atoms with Gasteiger partial charge in [0, 0.05) is 39.0 Å². The summed E-state index contributed by atoms with van der Waals surface area (Å²) in [6.07, 6.45) is 0. The van der Waals surface area contributed by atoms with Gasteiger partial charge in [0.05, 0.1) is 7.11 Å². The highest BCUT2D eigenvalue weighted by atomic mass is 16.5. The Labute approximate surface area is 133 Å². The topological polar surface area (TPSA) is 41.6 Å². The summed E-state index contributed by atoms with van der Waals surface area (Å²) in [4.78, 5) is 13.9. The van der Waals surface area contributed by atoms with Crippen LogP contribution in [0.1, 0.15) is 32.3 Å². The van der Waals surface area contributed by atoms with Gasteiger partial charge in [0.25, 0.3) is 0 Å². The second-order valence-corrected chi connectivity index (χ2v) is 6.62. The summed E-state index contributed by atoms with van der Waals surface area (Å²) in [5, 5.41) is 3.48. The van der Waals surface area contributed by atoms with Gasteiger partial charge in [-0.3, -0.25) is 4.79 Å². The quantitative estimate of drug-likeness (QED) is 0.878. The van der Waals surface area contributed by atoms with E-state index in [4.69, 9.17) is 4.74 Å². The molecule has 22 heavy (non-hydrogen) atoms. The summed E-state index contributed by atoms with van der Waals surface area (Å²) >= 11 is 0. The first-order valence-corrected chi connectivity index (χ1v) is 8.11. The molecule has 0 saturated carbocycles. The molecule has 2 unspecified atom stereocenters. The largest absolute Gasteiger partial charge is 0.497 e. The number of nitrogens with one attached hydrogen (secondary N) is 1. The number of carbonyl (C=O) groups is 1. The molecule has 0 aromatic heterocycles. The summed E-state index contributed by atoms with van der Waals surface area (Å²) in [6, 6.07) is 8.29. The fourth-order valence-corrected chi connectivity index (χ4v) is 3.24. The van der Waals surface area contributed by atoms with Gasteiger partial charge >= 0.3 is 0 Å². The normalized spacial score (nSPS) is 21.1. The van der Waals surface area contributed by atoms with E-state index in [-0.39, 0.29) is 5.91 Å². The predicted molar refractivity (Wildman–Crippen MR) is 89.2 cm³/mol. The van der Waals surface area contributed by atoms with E-state index >= 15 is 0 Å². The fraction of sp³-hybridized carbons (Fsp3) is 0.611. The van der Waals surface area contributed by atoms with Crippen molar-refractivity contribution in [1.82, 2.24) is 10.2 Å². The van der Waals surface area contributed by atoms with Crippen molar-refractivity contribution in [2.24, 2.45) is 11.8 Å². The van der Waals surface area contributed by atoms with Gasteiger partial charge in [0.15, 0.2) is 0 Å². The Hall–Kier alpha value is -1.55. The van der Waals surface area contributed by atoms with E-state index in [1.807, 2.05) is 17.0 Å². The standard InChI is InChI=1S/C18H28N2O2/c1-13(2)11-20(14(3)21)12-16-9-19-10-18(16)15-6-5-7-17(8-15)22-4/h5-8,13,16,18-19H,9-12H2,1-4H3. The van der Waals surface area contributed by atoms with Gasteiger partial charge in [-0.2, -0.15) is 0 Å². The highest BCUT2D eigenvalue weighted by Gasteiger charge is 2.31. The number of rotatable bonds is 6. The number of nitrogens with zero attached hydrogens (tertiary/aromatic N) is 1. The lowest BCUT2D eigenvalue weighted by Gasteiger charge is -2.29. The van der Waals surface area contributed by atoms with E-state index < -0.39 is 0 Å². The van der Waals surface area contributed by atoms with Crippen LogP contribution in [0.2, 0.25) is 0 Å². The van der Waals surface area contributed by atoms with Crippen LogP contribution in [0.4, 0.5) is 0 Å². The lowest BCUT2D eigenvalue weighted by atomic mass is 9.88. The smallest absolute Gasteiger partial charge is 0.219 e. The molecule has 0 spiro atoms. The maximum atomic E-state index is 11.9. The molecule has 1 aliphatic heterocycles. The zero-order valence-corrected chi connectivity index (χ0v) is 14.1. The van der Waals surface area contributed by atoms with Crippen LogP contribution in [-0.4, -0.2) is 44.1 Å². The van der Waals surface area contributed by atoms with E-state index in [2.05, 4.69) is 31.3 Å². The minimum absolute atomic E-state index is 0.171. The van der Waals surface area contributed by atoms with E-state index in [0.29, 0.717) is 17.8 Å². The van der Waals surface area contributed by atoms with Crippen LogP contribution in [-0.2, 0) is 4.79 Å². The lowest BCUT2D eigenvalue weighted by Crippen LogP contribution is -2.38. The molecule has 0 bridgehead atoms. The van der Waals surface area contributed by atoms with Crippen molar-refractivity contribution in [3.63, 3.8) is 0 Å². The molecule has 1 N–H and O–H groups in total. The molecule has 1 saturated heterocycles. The van der Waals surface area contributed by atoms with Gasteiger partial charge in [0.2, 0.25) is 5.91 Å². The van der Waals surface area contributed by atoms with Gasteiger partial charge in [-0.05, 0) is 29.5 Å². The van der Waals surface area contributed by atoms with E-state index in [1.165, 1.54) is 5.56 Å². The Bertz CT molecular complexity index is 502. The number of hydrogen-bond donors (Lipinski definition) is 1. The molecule has 2 atom stereocenters. The Morgan fingerprint density at radius 3 is 2.82 bits per heavy atom. The molecule has 122 valence electrons. The van der Waals surface area contributed by atoms with Crippen LogP contribution in [0.5, 0.6) is 5.75 Å². The number of methoxy groups -OCH3 is 1. The zero-order chi connectivity index (χ0) is 16.1. The molecule has 1 heterocycles. The minimum atomic E-state index is 0.171. The molecule has 1 amide bonds. The van der Waals surface area contributed by atoms with Gasteiger partial charge in [-0.25, -0.2) is 0 Å². The fourth-order valence-electron chi connectivity index (χ4n) is 3.24. The third-order valence-corrected chi connectivity index (χ3v) is 4.35. The number of benzene rings is 1. The van der Waals surface area contributed by atoms with Crippen LogP contribution < -0.4 is 10.1 Å².